The number of hydrogen-bond donors (Lipinski definition) is 1. The van der Waals surface area contributed by atoms with Crippen molar-refractivity contribution in [2.45, 2.75) is 46.6 Å². The highest BCUT2D eigenvalue weighted by Gasteiger charge is 2.16. The van der Waals surface area contributed by atoms with Crippen molar-refractivity contribution < 1.29 is 4.74 Å². The van der Waals surface area contributed by atoms with E-state index in [2.05, 4.69) is 18.8 Å². The fourth-order valence-electron chi connectivity index (χ4n) is 2.09. The molecule has 2 rings (SSSR count). The lowest BCUT2D eigenvalue weighted by Gasteiger charge is -2.17. The third kappa shape index (κ3) is 3.32. The second-order valence-electron chi connectivity index (χ2n) is 5.76. The van der Waals surface area contributed by atoms with Gasteiger partial charge in [0.15, 0.2) is 0 Å². The lowest BCUT2D eigenvalue weighted by molar-refractivity contribution is 0.243. The van der Waals surface area contributed by atoms with Crippen molar-refractivity contribution in [2.24, 2.45) is 0 Å². The Morgan fingerprint density at radius 3 is 2.33 bits per heavy atom. The monoisotopic (exact) mass is 285 g/mol. The molecule has 1 aromatic carbocycles. The van der Waals surface area contributed by atoms with Crippen LogP contribution in [0.4, 0.5) is 5.82 Å². The molecule has 0 saturated carbocycles. The minimum atomic E-state index is 0.107. The van der Waals surface area contributed by atoms with Gasteiger partial charge in [-0.2, -0.15) is 0 Å². The average Bonchev–Trinajstić information content (AvgIpc) is 2.41. The van der Waals surface area contributed by atoms with Gasteiger partial charge in [-0.15, -0.1) is 0 Å². The molecule has 21 heavy (non-hydrogen) atoms. The molecule has 1 heterocycles. The molecule has 0 saturated heterocycles. The maximum Gasteiger partial charge on any atom is 0.133 e. The number of nitrogens with zero attached hydrogens (tertiary/aromatic N) is 2. The Kier molecular flexibility index (Phi) is 4.46. The highest BCUT2D eigenvalue weighted by molar-refractivity contribution is 5.72. The van der Waals surface area contributed by atoms with Gasteiger partial charge in [0.25, 0.3) is 0 Å². The molecule has 4 heteroatoms. The van der Waals surface area contributed by atoms with Gasteiger partial charge in [-0.3, -0.25) is 0 Å². The number of hydrogen-bond acceptors (Lipinski definition) is 4. The first kappa shape index (κ1) is 15.3. The number of rotatable bonds is 4. The summed E-state index contributed by atoms with van der Waals surface area (Å²) in [5.41, 5.74) is 8.75. The average molecular weight is 285 g/mol. The number of anilines is 1. The lowest BCUT2D eigenvalue weighted by atomic mass is 10.0. The molecule has 4 nitrogen and oxygen atoms in total. The van der Waals surface area contributed by atoms with Gasteiger partial charge in [0.05, 0.1) is 11.8 Å². The summed E-state index contributed by atoms with van der Waals surface area (Å²) in [7, 11) is 0. The largest absolute Gasteiger partial charge is 0.490 e. The number of ether oxygens (including phenoxy) is 1. The molecule has 2 aromatic rings. The quantitative estimate of drug-likeness (QED) is 0.924. The van der Waals surface area contributed by atoms with Crippen LogP contribution in [0.15, 0.2) is 24.3 Å². The van der Waals surface area contributed by atoms with Gasteiger partial charge >= 0.3 is 0 Å². The molecular weight excluding hydrogens is 262 g/mol. The normalized spacial score (nSPS) is 11.2. The molecule has 0 fully saturated rings. The third-order valence-electron chi connectivity index (χ3n) is 3.22. The van der Waals surface area contributed by atoms with Crippen LogP contribution in [-0.2, 0) is 0 Å². The molecule has 0 aliphatic carbocycles. The Bertz CT molecular complexity index is 636. The third-order valence-corrected chi connectivity index (χ3v) is 3.22. The minimum Gasteiger partial charge on any atom is -0.490 e. The molecule has 0 spiro atoms. The second kappa shape index (κ2) is 6.12. The van der Waals surface area contributed by atoms with Gasteiger partial charge in [0.2, 0.25) is 0 Å². The second-order valence-corrected chi connectivity index (χ2v) is 5.76. The Morgan fingerprint density at radius 1 is 1.05 bits per heavy atom. The van der Waals surface area contributed by atoms with Crippen LogP contribution in [0.1, 0.15) is 45.0 Å². The van der Waals surface area contributed by atoms with E-state index in [4.69, 9.17) is 15.5 Å². The van der Waals surface area contributed by atoms with E-state index in [1.807, 2.05) is 45.0 Å². The zero-order valence-corrected chi connectivity index (χ0v) is 13.3. The maximum absolute atomic E-state index is 6.06. The minimum absolute atomic E-state index is 0.107. The molecule has 0 atom stereocenters. The summed E-state index contributed by atoms with van der Waals surface area (Å²) in [4.78, 5) is 9.07. The van der Waals surface area contributed by atoms with Crippen molar-refractivity contribution in [1.29, 1.82) is 0 Å². The molecule has 1 aromatic heterocycles. The summed E-state index contributed by atoms with van der Waals surface area (Å²) in [6.07, 6.45) is 0.107. The van der Waals surface area contributed by atoms with Gasteiger partial charge in [-0.25, -0.2) is 9.97 Å². The summed E-state index contributed by atoms with van der Waals surface area (Å²) in [6, 6.07) is 7.92. The summed E-state index contributed by atoms with van der Waals surface area (Å²) >= 11 is 0. The van der Waals surface area contributed by atoms with E-state index in [9.17, 15) is 0 Å². The van der Waals surface area contributed by atoms with Gasteiger partial charge in [0.1, 0.15) is 17.4 Å². The van der Waals surface area contributed by atoms with Crippen molar-refractivity contribution in [3.8, 4) is 17.0 Å². The SMILES string of the molecule is Cc1c(N)nc(C(C)C)nc1-c1ccccc1OC(C)C. The predicted molar refractivity (Wildman–Crippen MR) is 86.5 cm³/mol. The van der Waals surface area contributed by atoms with Crippen LogP contribution >= 0.6 is 0 Å². The lowest BCUT2D eigenvalue weighted by Crippen LogP contribution is -2.09. The zero-order chi connectivity index (χ0) is 15.6. The number of aromatic nitrogens is 2. The zero-order valence-electron chi connectivity index (χ0n) is 13.3. The van der Waals surface area contributed by atoms with Crippen molar-refractivity contribution in [3.05, 3.63) is 35.7 Å². The number of nitrogens with two attached hydrogens (primary N) is 1. The molecular formula is C17H23N3O. The highest BCUT2D eigenvalue weighted by Crippen LogP contribution is 2.33. The van der Waals surface area contributed by atoms with E-state index >= 15 is 0 Å². The van der Waals surface area contributed by atoms with Crippen molar-refractivity contribution in [2.75, 3.05) is 5.73 Å². The van der Waals surface area contributed by atoms with Crippen LogP contribution in [0, 0.1) is 6.92 Å². The van der Waals surface area contributed by atoms with E-state index < -0.39 is 0 Å². The molecule has 2 N–H and O–H groups in total. The van der Waals surface area contributed by atoms with E-state index in [1.165, 1.54) is 0 Å². The number of para-hydroxylation sites is 1. The maximum atomic E-state index is 6.06. The summed E-state index contributed by atoms with van der Waals surface area (Å²) in [5, 5.41) is 0. The van der Waals surface area contributed by atoms with Crippen LogP contribution in [0.5, 0.6) is 5.75 Å². The Labute approximate surface area is 126 Å². The number of benzene rings is 1. The molecule has 0 bridgehead atoms. The molecule has 0 amide bonds. The molecule has 112 valence electrons. The van der Waals surface area contributed by atoms with Gasteiger partial charge < -0.3 is 10.5 Å². The summed E-state index contributed by atoms with van der Waals surface area (Å²) in [5.74, 6) is 2.34. The van der Waals surface area contributed by atoms with Crippen LogP contribution in [0.25, 0.3) is 11.3 Å². The Hall–Kier alpha value is -2.10. The van der Waals surface area contributed by atoms with Crippen LogP contribution in [0.3, 0.4) is 0 Å². The summed E-state index contributed by atoms with van der Waals surface area (Å²) < 4.78 is 5.89. The fourth-order valence-corrected chi connectivity index (χ4v) is 2.09. The van der Waals surface area contributed by atoms with E-state index in [1.54, 1.807) is 0 Å². The summed E-state index contributed by atoms with van der Waals surface area (Å²) in [6.45, 7) is 10.1. The van der Waals surface area contributed by atoms with Crippen LogP contribution in [-0.4, -0.2) is 16.1 Å². The van der Waals surface area contributed by atoms with Crippen molar-refractivity contribution in [3.63, 3.8) is 0 Å². The highest BCUT2D eigenvalue weighted by atomic mass is 16.5. The van der Waals surface area contributed by atoms with Crippen LogP contribution in [0.2, 0.25) is 0 Å². The standard InChI is InChI=1S/C17H23N3O/c1-10(2)17-19-15(12(5)16(18)20-17)13-8-6-7-9-14(13)21-11(3)4/h6-11H,1-5H3,(H2,18,19,20). The van der Waals surface area contributed by atoms with E-state index in [-0.39, 0.29) is 12.0 Å². The Morgan fingerprint density at radius 2 is 1.71 bits per heavy atom. The van der Waals surface area contributed by atoms with Gasteiger partial charge in [-0.05, 0) is 32.9 Å². The fraction of sp³-hybridized carbons (Fsp3) is 0.412. The first-order valence-electron chi connectivity index (χ1n) is 7.30. The molecule has 0 radical (unpaired) electrons. The van der Waals surface area contributed by atoms with Crippen molar-refractivity contribution in [1.82, 2.24) is 9.97 Å². The molecule has 0 aliphatic rings. The van der Waals surface area contributed by atoms with Crippen LogP contribution < -0.4 is 10.5 Å². The van der Waals surface area contributed by atoms with Gasteiger partial charge in [-0.1, -0.05) is 26.0 Å². The van der Waals surface area contributed by atoms with Gasteiger partial charge in [0, 0.05) is 17.0 Å². The number of nitrogen functional groups attached to an aromatic ring is 1. The molecule has 0 unspecified atom stereocenters. The van der Waals surface area contributed by atoms with E-state index in [0.29, 0.717) is 5.82 Å². The predicted octanol–water partition coefficient (Wildman–Crippen LogP) is 3.94. The Balaban J connectivity index is 2.61. The molecule has 0 aliphatic heterocycles. The van der Waals surface area contributed by atoms with Crippen molar-refractivity contribution >= 4 is 5.82 Å². The smallest absolute Gasteiger partial charge is 0.133 e. The topological polar surface area (TPSA) is 61.0 Å². The van der Waals surface area contributed by atoms with E-state index in [0.717, 1.165) is 28.4 Å². The first-order valence-corrected chi connectivity index (χ1v) is 7.30. The first-order chi connectivity index (χ1) is 9.90.